The normalized spacial score (nSPS) is 19.2. The summed E-state index contributed by atoms with van der Waals surface area (Å²) < 4.78 is 0. The molecule has 1 aliphatic rings. The maximum atomic E-state index is 5.95. The van der Waals surface area contributed by atoms with Gasteiger partial charge in [-0.3, -0.25) is 0 Å². The highest BCUT2D eigenvalue weighted by molar-refractivity contribution is 5.09. The zero-order chi connectivity index (χ0) is 12.1. The Kier molecular flexibility index (Phi) is 4.49. The third kappa shape index (κ3) is 3.50. The molecule has 1 atom stereocenters. The van der Waals surface area contributed by atoms with Gasteiger partial charge in [0, 0.05) is 30.3 Å². The van der Waals surface area contributed by atoms with Crippen LogP contribution >= 0.6 is 0 Å². The Labute approximate surface area is 104 Å². The van der Waals surface area contributed by atoms with E-state index in [0.717, 1.165) is 18.7 Å². The summed E-state index contributed by atoms with van der Waals surface area (Å²) in [5.74, 6) is 1.57. The summed E-state index contributed by atoms with van der Waals surface area (Å²) in [6.45, 7) is 2.11. The second kappa shape index (κ2) is 6.10. The highest BCUT2D eigenvalue weighted by Gasteiger charge is 2.17. The molecule has 0 aromatic carbocycles. The SMILES string of the molecule is CCC(N)Cc1nccc(C2CCCCC2)n1. The van der Waals surface area contributed by atoms with Crippen LogP contribution in [-0.2, 0) is 6.42 Å². The molecule has 1 aliphatic carbocycles. The van der Waals surface area contributed by atoms with Crippen molar-refractivity contribution in [3.63, 3.8) is 0 Å². The van der Waals surface area contributed by atoms with E-state index in [1.807, 2.05) is 6.20 Å². The van der Waals surface area contributed by atoms with Crippen LogP contribution < -0.4 is 5.73 Å². The zero-order valence-corrected chi connectivity index (χ0v) is 10.7. The third-order valence-corrected chi connectivity index (χ3v) is 3.72. The van der Waals surface area contributed by atoms with E-state index in [4.69, 9.17) is 10.7 Å². The van der Waals surface area contributed by atoms with Crippen molar-refractivity contribution < 1.29 is 0 Å². The smallest absolute Gasteiger partial charge is 0.130 e. The van der Waals surface area contributed by atoms with Crippen molar-refractivity contribution in [2.75, 3.05) is 0 Å². The summed E-state index contributed by atoms with van der Waals surface area (Å²) in [6, 6.07) is 2.27. The van der Waals surface area contributed by atoms with Crippen LogP contribution in [0.25, 0.3) is 0 Å². The van der Waals surface area contributed by atoms with Gasteiger partial charge in [0.2, 0.25) is 0 Å². The molecule has 94 valence electrons. The van der Waals surface area contributed by atoms with Crippen LogP contribution in [0.3, 0.4) is 0 Å². The van der Waals surface area contributed by atoms with Crippen molar-refractivity contribution in [2.45, 2.75) is 63.8 Å². The van der Waals surface area contributed by atoms with Gasteiger partial charge in [-0.25, -0.2) is 9.97 Å². The van der Waals surface area contributed by atoms with E-state index in [1.54, 1.807) is 0 Å². The molecule has 0 amide bonds. The summed E-state index contributed by atoms with van der Waals surface area (Å²) in [6.07, 6.45) is 10.3. The second-order valence-corrected chi connectivity index (χ2v) is 5.11. The van der Waals surface area contributed by atoms with E-state index in [-0.39, 0.29) is 6.04 Å². The van der Waals surface area contributed by atoms with Gasteiger partial charge in [-0.15, -0.1) is 0 Å². The van der Waals surface area contributed by atoms with Gasteiger partial charge in [0.05, 0.1) is 0 Å². The predicted octanol–water partition coefficient (Wildman–Crippen LogP) is 2.80. The van der Waals surface area contributed by atoms with E-state index in [2.05, 4.69) is 18.0 Å². The largest absolute Gasteiger partial charge is 0.327 e. The fourth-order valence-corrected chi connectivity index (χ4v) is 2.52. The molecule has 0 bridgehead atoms. The first-order valence-corrected chi connectivity index (χ1v) is 6.87. The predicted molar refractivity (Wildman–Crippen MR) is 69.8 cm³/mol. The molecule has 1 heterocycles. The third-order valence-electron chi connectivity index (χ3n) is 3.72. The minimum absolute atomic E-state index is 0.191. The first-order chi connectivity index (χ1) is 8.29. The van der Waals surface area contributed by atoms with Gasteiger partial charge in [0.15, 0.2) is 0 Å². The Morgan fingerprint density at radius 1 is 1.35 bits per heavy atom. The second-order valence-electron chi connectivity index (χ2n) is 5.11. The lowest BCUT2D eigenvalue weighted by Gasteiger charge is -2.21. The Hall–Kier alpha value is -0.960. The van der Waals surface area contributed by atoms with Gasteiger partial charge in [-0.2, -0.15) is 0 Å². The Balaban J connectivity index is 2.05. The number of nitrogens with zero attached hydrogens (tertiary/aromatic N) is 2. The molecule has 1 saturated carbocycles. The Morgan fingerprint density at radius 2 is 2.12 bits per heavy atom. The molecule has 0 saturated heterocycles. The maximum absolute atomic E-state index is 5.95. The molecular weight excluding hydrogens is 210 g/mol. The molecule has 0 spiro atoms. The summed E-state index contributed by atoms with van der Waals surface area (Å²) in [5.41, 5.74) is 7.19. The number of aromatic nitrogens is 2. The molecule has 1 aromatic heterocycles. The summed E-state index contributed by atoms with van der Waals surface area (Å²) in [5, 5.41) is 0. The van der Waals surface area contributed by atoms with Gasteiger partial charge < -0.3 is 5.73 Å². The Bertz CT molecular complexity index is 345. The fraction of sp³-hybridized carbons (Fsp3) is 0.714. The molecule has 1 aromatic rings. The van der Waals surface area contributed by atoms with Gasteiger partial charge in [0.25, 0.3) is 0 Å². The first kappa shape index (κ1) is 12.5. The molecule has 17 heavy (non-hydrogen) atoms. The molecule has 3 heteroatoms. The van der Waals surface area contributed by atoms with Crippen LogP contribution in [0.4, 0.5) is 0 Å². The van der Waals surface area contributed by atoms with E-state index in [1.165, 1.54) is 37.8 Å². The Morgan fingerprint density at radius 3 is 2.82 bits per heavy atom. The van der Waals surface area contributed by atoms with Crippen LogP contribution in [0.5, 0.6) is 0 Å². The van der Waals surface area contributed by atoms with Crippen molar-refractivity contribution in [1.29, 1.82) is 0 Å². The molecule has 1 unspecified atom stereocenters. The molecule has 2 rings (SSSR count). The lowest BCUT2D eigenvalue weighted by atomic mass is 9.87. The lowest BCUT2D eigenvalue weighted by molar-refractivity contribution is 0.434. The van der Waals surface area contributed by atoms with E-state index < -0.39 is 0 Å². The van der Waals surface area contributed by atoms with Crippen molar-refractivity contribution >= 4 is 0 Å². The minimum atomic E-state index is 0.191. The minimum Gasteiger partial charge on any atom is -0.327 e. The van der Waals surface area contributed by atoms with Gasteiger partial charge in [-0.05, 0) is 25.3 Å². The number of hydrogen-bond acceptors (Lipinski definition) is 3. The van der Waals surface area contributed by atoms with Crippen LogP contribution in [-0.4, -0.2) is 16.0 Å². The van der Waals surface area contributed by atoms with Crippen molar-refractivity contribution in [3.05, 3.63) is 23.8 Å². The van der Waals surface area contributed by atoms with Crippen LogP contribution in [0, 0.1) is 0 Å². The molecular formula is C14H23N3. The number of hydrogen-bond donors (Lipinski definition) is 1. The van der Waals surface area contributed by atoms with E-state index in [0.29, 0.717) is 5.92 Å². The van der Waals surface area contributed by atoms with Gasteiger partial charge in [0.1, 0.15) is 5.82 Å². The molecule has 1 fully saturated rings. The van der Waals surface area contributed by atoms with Crippen molar-refractivity contribution in [1.82, 2.24) is 9.97 Å². The highest BCUT2D eigenvalue weighted by Crippen LogP contribution is 2.31. The monoisotopic (exact) mass is 233 g/mol. The molecule has 3 nitrogen and oxygen atoms in total. The lowest BCUT2D eigenvalue weighted by Crippen LogP contribution is -2.23. The summed E-state index contributed by atoms with van der Waals surface area (Å²) in [7, 11) is 0. The highest BCUT2D eigenvalue weighted by atomic mass is 14.9. The number of rotatable bonds is 4. The first-order valence-electron chi connectivity index (χ1n) is 6.87. The quantitative estimate of drug-likeness (QED) is 0.870. The number of nitrogens with two attached hydrogens (primary N) is 1. The van der Waals surface area contributed by atoms with E-state index in [9.17, 15) is 0 Å². The van der Waals surface area contributed by atoms with Crippen LogP contribution in [0.15, 0.2) is 12.3 Å². The van der Waals surface area contributed by atoms with Gasteiger partial charge >= 0.3 is 0 Å². The van der Waals surface area contributed by atoms with Crippen molar-refractivity contribution in [2.24, 2.45) is 5.73 Å². The standard InChI is InChI=1S/C14H23N3/c1-2-12(15)10-14-16-9-8-13(17-14)11-6-4-3-5-7-11/h8-9,11-12H,2-7,10,15H2,1H3. The fourth-order valence-electron chi connectivity index (χ4n) is 2.52. The van der Waals surface area contributed by atoms with Crippen LogP contribution in [0.2, 0.25) is 0 Å². The molecule has 0 radical (unpaired) electrons. The van der Waals surface area contributed by atoms with E-state index >= 15 is 0 Å². The van der Waals surface area contributed by atoms with Crippen LogP contribution in [0.1, 0.15) is 62.9 Å². The molecule has 0 aliphatic heterocycles. The van der Waals surface area contributed by atoms with Crippen molar-refractivity contribution in [3.8, 4) is 0 Å². The molecule has 2 N–H and O–H groups in total. The zero-order valence-electron chi connectivity index (χ0n) is 10.7. The maximum Gasteiger partial charge on any atom is 0.130 e. The topological polar surface area (TPSA) is 51.8 Å². The summed E-state index contributed by atoms with van der Waals surface area (Å²) >= 11 is 0. The average molecular weight is 233 g/mol. The average Bonchev–Trinajstić information content (AvgIpc) is 2.40. The summed E-state index contributed by atoms with van der Waals surface area (Å²) in [4.78, 5) is 9.02. The van der Waals surface area contributed by atoms with Gasteiger partial charge in [-0.1, -0.05) is 26.2 Å².